The number of benzene rings is 9. The maximum atomic E-state index is 9.41. The number of hydrogen-bond donors (Lipinski definition) is 0. The topological polar surface area (TPSA) is 75.3 Å². The van der Waals surface area contributed by atoms with E-state index in [0.29, 0.717) is 23.0 Å². The summed E-state index contributed by atoms with van der Waals surface area (Å²) < 4.78 is 0. The van der Waals surface area contributed by atoms with Gasteiger partial charge in [0.2, 0.25) is 0 Å². The van der Waals surface area contributed by atoms with Gasteiger partial charge in [0, 0.05) is 33.8 Å². The van der Waals surface area contributed by atoms with E-state index in [-0.39, 0.29) is 0 Å². The molecule has 5 heteroatoms. The van der Waals surface area contributed by atoms with E-state index in [0.717, 1.165) is 71.6 Å². The highest BCUT2D eigenvalue weighted by molar-refractivity contribution is 6.24. The lowest BCUT2D eigenvalue weighted by atomic mass is 9.86. The zero-order valence-electron chi connectivity index (χ0n) is 32.3. The molecule has 0 bridgehead atoms. The van der Waals surface area contributed by atoms with Crippen molar-refractivity contribution in [2.75, 3.05) is 0 Å². The SMILES string of the molecule is N#Cc1ccc(-c2ccc(-c3cc4c5cccnc5c(-c5cccc(-c6nc(-c7ccccc7)nc(-c7ccccc7)n6)c5)cc4c4ccccc34)c3ccccc23)cc1. The zero-order valence-corrected chi connectivity index (χ0v) is 32.3. The van der Waals surface area contributed by atoms with Crippen molar-refractivity contribution in [1.82, 2.24) is 19.9 Å². The Hall–Kier alpha value is -8.33. The second-order valence-electron chi connectivity index (χ2n) is 14.9. The van der Waals surface area contributed by atoms with Crippen LogP contribution in [0.25, 0.3) is 111 Å². The maximum absolute atomic E-state index is 9.41. The summed E-state index contributed by atoms with van der Waals surface area (Å²) >= 11 is 0. The molecule has 0 saturated heterocycles. The Bertz CT molecular complexity index is 3420. The van der Waals surface area contributed by atoms with E-state index < -0.39 is 0 Å². The van der Waals surface area contributed by atoms with E-state index in [1.54, 1.807) is 0 Å². The number of fused-ring (bicyclic) bond motifs is 6. The highest BCUT2D eigenvalue weighted by atomic mass is 15.0. The van der Waals surface area contributed by atoms with Crippen LogP contribution in [-0.4, -0.2) is 19.9 Å². The molecule has 0 amide bonds. The van der Waals surface area contributed by atoms with Crippen LogP contribution in [0.3, 0.4) is 0 Å². The van der Waals surface area contributed by atoms with Crippen molar-refractivity contribution in [3.63, 3.8) is 0 Å². The fourth-order valence-corrected chi connectivity index (χ4v) is 8.54. The first kappa shape index (κ1) is 34.9. The van der Waals surface area contributed by atoms with Gasteiger partial charge < -0.3 is 0 Å². The van der Waals surface area contributed by atoms with Crippen LogP contribution in [0.5, 0.6) is 0 Å². The number of nitrogens with zero attached hydrogens (tertiary/aromatic N) is 5. The van der Waals surface area contributed by atoms with Gasteiger partial charge in [0.15, 0.2) is 17.5 Å². The van der Waals surface area contributed by atoms with E-state index >= 15 is 0 Å². The van der Waals surface area contributed by atoms with E-state index in [1.807, 2.05) is 97.2 Å². The van der Waals surface area contributed by atoms with Crippen LogP contribution in [0.1, 0.15) is 5.56 Å². The summed E-state index contributed by atoms with van der Waals surface area (Å²) in [5, 5.41) is 17.5. The van der Waals surface area contributed by atoms with Crippen molar-refractivity contribution in [2.45, 2.75) is 0 Å². The van der Waals surface area contributed by atoms with Crippen molar-refractivity contribution < 1.29 is 0 Å². The minimum Gasteiger partial charge on any atom is -0.256 e. The van der Waals surface area contributed by atoms with Gasteiger partial charge >= 0.3 is 0 Å². The van der Waals surface area contributed by atoms with Crippen molar-refractivity contribution in [3.05, 3.63) is 206 Å². The Morgan fingerprint density at radius 3 is 1.48 bits per heavy atom. The molecular formula is C55H33N5. The van der Waals surface area contributed by atoms with Gasteiger partial charge in [-0.3, -0.25) is 4.98 Å². The van der Waals surface area contributed by atoms with Crippen LogP contribution in [0.4, 0.5) is 0 Å². The molecule has 60 heavy (non-hydrogen) atoms. The molecule has 0 fully saturated rings. The van der Waals surface area contributed by atoms with Gasteiger partial charge in [0.25, 0.3) is 0 Å². The van der Waals surface area contributed by atoms with Crippen LogP contribution in [0.2, 0.25) is 0 Å². The molecule has 0 aliphatic rings. The Kier molecular flexibility index (Phi) is 8.46. The standard InChI is InChI=1S/C55H33N5/c56-34-35-24-26-36(27-25-35)41-28-29-46(43-20-8-7-19-42(41)43)49-33-51-47-23-12-30-57-52(47)48(32-50(51)45-22-10-9-21-44(45)49)39-17-11-18-40(31-39)55-59-53(37-13-3-1-4-14-37)58-54(60-55)38-15-5-2-6-16-38/h1-33H. The van der Waals surface area contributed by atoms with E-state index in [9.17, 15) is 5.26 Å². The molecule has 11 aromatic rings. The van der Waals surface area contributed by atoms with Crippen molar-refractivity contribution in [1.29, 1.82) is 5.26 Å². The van der Waals surface area contributed by atoms with Crippen LogP contribution in [0, 0.1) is 11.3 Å². The smallest absolute Gasteiger partial charge is 0.164 e. The predicted molar refractivity (Wildman–Crippen MR) is 245 cm³/mol. The molecule has 2 aromatic heterocycles. The van der Waals surface area contributed by atoms with Gasteiger partial charge in [-0.05, 0) is 96.5 Å². The van der Waals surface area contributed by atoms with Gasteiger partial charge in [0.05, 0.1) is 17.1 Å². The molecule has 0 aliphatic heterocycles. The van der Waals surface area contributed by atoms with Crippen LogP contribution < -0.4 is 0 Å². The summed E-state index contributed by atoms with van der Waals surface area (Å²) in [5.41, 5.74) is 10.9. The molecule has 0 unspecified atom stereocenters. The number of aromatic nitrogens is 4. The molecule has 5 nitrogen and oxygen atoms in total. The van der Waals surface area contributed by atoms with E-state index in [4.69, 9.17) is 19.9 Å². The minimum atomic E-state index is 0.607. The summed E-state index contributed by atoms with van der Waals surface area (Å²) in [6.45, 7) is 0. The lowest BCUT2D eigenvalue weighted by molar-refractivity contribution is 1.07. The third kappa shape index (κ3) is 6.03. The highest BCUT2D eigenvalue weighted by Gasteiger charge is 2.19. The number of hydrogen-bond acceptors (Lipinski definition) is 5. The fourth-order valence-electron chi connectivity index (χ4n) is 8.54. The van der Waals surface area contributed by atoms with Gasteiger partial charge in [0.1, 0.15) is 0 Å². The zero-order chi connectivity index (χ0) is 40.0. The number of rotatable bonds is 6. The second-order valence-corrected chi connectivity index (χ2v) is 14.9. The first-order chi connectivity index (χ1) is 29.7. The second kappa shape index (κ2) is 14.6. The van der Waals surface area contributed by atoms with Crippen molar-refractivity contribution >= 4 is 43.2 Å². The normalized spacial score (nSPS) is 11.3. The molecule has 2 heterocycles. The van der Waals surface area contributed by atoms with Gasteiger partial charge in [-0.1, -0.05) is 158 Å². The average Bonchev–Trinajstić information content (AvgIpc) is 3.33. The molecule has 0 atom stereocenters. The van der Waals surface area contributed by atoms with Gasteiger partial charge in [-0.25, -0.2) is 15.0 Å². The van der Waals surface area contributed by atoms with Crippen molar-refractivity contribution in [3.8, 4) is 73.6 Å². The molecule has 0 N–H and O–H groups in total. The molecule has 11 rings (SSSR count). The monoisotopic (exact) mass is 763 g/mol. The molecule has 278 valence electrons. The Labute approximate surface area is 346 Å². The first-order valence-corrected chi connectivity index (χ1v) is 19.9. The van der Waals surface area contributed by atoms with Crippen LogP contribution in [0.15, 0.2) is 200 Å². The van der Waals surface area contributed by atoms with Crippen molar-refractivity contribution in [2.24, 2.45) is 0 Å². The van der Waals surface area contributed by atoms with Crippen LogP contribution in [-0.2, 0) is 0 Å². The quantitative estimate of drug-likeness (QED) is 0.158. The Balaban J connectivity index is 1.10. The van der Waals surface area contributed by atoms with Crippen LogP contribution >= 0.6 is 0 Å². The molecule has 9 aromatic carbocycles. The summed E-state index contributed by atoms with van der Waals surface area (Å²) in [4.78, 5) is 20.0. The summed E-state index contributed by atoms with van der Waals surface area (Å²) in [6.07, 6.45) is 1.88. The largest absolute Gasteiger partial charge is 0.256 e. The van der Waals surface area contributed by atoms with Gasteiger partial charge in [-0.2, -0.15) is 5.26 Å². The molecule has 0 aliphatic carbocycles. The highest BCUT2D eigenvalue weighted by Crippen LogP contribution is 2.44. The molecule has 0 spiro atoms. The number of pyridine rings is 1. The minimum absolute atomic E-state index is 0.607. The third-order valence-corrected chi connectivity index (χ3v) is 11.4. The predicted octanol–water partition coefficient (Wildman–Crippen LogP) is 13.8. The third-order valence-electron chi connectivity index (χ3n) is 11.4. The summed E-state index contributed by atoms with van der Waals surface area (Å²) in [6, 6.07) is 69.3. The molecular weight excluding hydrogens is 731 g/mol. The maximum Gasteiger partial charge on any atom is 0.164 e. The lowest BCUT2D eigenvalue weighted by Crippen LogP contribution is -2.00. The Morgan fingerprint density at radius 1 is 0.317 bits per heavy atom. The summed E-state index contributed by atoms with van der Waals surface area (Å²) in [7, 11) is 0. The number of nitriles is 1. The van der Waals surface area contributed by atoms with Gasteiger partial charge in [-0.15, -0.1) is 0 Å². The Morgan fingerprint density at radius 2 is 0.817 bits per heavy atom. The fraction of sp³-hybridized carbons (Fsp3) is 0. The first-order valence-electron chi connectivity index (χ1n) is 19.9. The molecule has 0 radical (unpaired) electrons. The van der Waals surface area contributed by atoms with E-state index in [1.165, 1.54) is 21.7 Å². The van der Waals surface area contributed by atoms with E-state index in [2.05, 4.69) is 109 Å². The summed E-state index contributed by atoms with van der Waals surface area (Å²) in [5.74, 6) is 1.86. The lowest BCUT2D eigenvalue weighted by Gasteiger charge is -2.18. The average molecular weight is 764 g/mol. The molecule has 0 saturated carbocycles.